The van der Waals surface area contributed by atoms with E-state index < -0.39 is 11.8 Å². The maximum atomic E-state index is 11.7. The molecule has 0 unspecified atom stereocenters. The van der Waals surface area contributed by atoms with Crippen molar-refractivity contribution >= 4 is 41.2 Å². The molecule has 0 aliphatic heterocycles. The van der Waals surface area contributed by atoms with Gasteiger partial charge in [-0.05, 0) is 62.2 Å². The number of halogens is 2. The van der Waals surface area contributed by atoms with Crippen LogP contribution in [0.15, 0.2) is 47.6 Å². The van der Waals surface area contributed by atoms with Crippen LogP contribution in [0.2, 0.25) is 10.0 Å². The van der Waals surface area contributed by atoms with E-state index in [1.54, 1.807) is 42.5 Å². The smallest absolute Gasteiger partial charge is 0.329 e. The quantitative estimate of drug-likeness (QED) is 0.240. The van der Waals surface area contributed by atoms with Gasteiger partial charge in [-0.1, -0.05) is 29.3 Å². The fraction of sp³-hybridized carbons (Fsp3) is 0.318. The second-order valence-corrected chi connectivity index (χ2v) is 7.60. The Morgan fingerprint density at radius 1 is 1.06 bits per heavy atom. The van der Waals surface area contributed by atoms with Crippen molar-refractivity contribution in [3.8, 4) is 5.75 Å². The number of rotatable bonds is 10. The van der Waals surface area contributed by atoms with E-state index in [1.165, 1.54) is 6.21 Å². The molecule has 2 amide bonds. The minimum atomic E-state index is -0.836. The van der Waals surface area contributed by atoms with Gasteiger partial charge in [0.15, 0.2) is 0 Å². The molecule has 0 aromatic heterocycles. The normalized spacial score (nSPS) is 11.0. The Morgan fingerprint density at radius 3 is 2.39 bits per heavy atom. The number of ether oxygens (including phenoxy) is 2. The van der Waals surface area contributed by atoms with Crippen LogP contribution in [0.25, 0.3) is 0 Å². The predicted molar refractivity (Wildman–Crippen MR) is 122 cm³/mol. The zero-order valence-electron chi connectivity index (χ0n) is 17.4. The molecule has 2 rings (SSSR count). The maximum absolute atomic E-state index is 11.7. The Kier molecular flexibility index (Phi) is 10.3. The molecule has 0 aliphatic rings. The number of carbonyl (C=O) groups is 2. The lowest BCUT2D eigenvalue weighted by Crippen LogP contribution is -2.38. The summed E-state index contributed by atoms with van der Waals surface area (Å²) in [6.07, 6.45) is 2.18. The van der Waals surface area contributed by atoms with Gasteiger partial charge in [0, 0.05) is 28.8 Å². The SMILES string of the molecule is CC(C)OCCCNC(=O)C(=O)N/N=C\c1ccc(OCc2c(Cl)cccc2Cl)cc1. The van der Waals surface area contributed by atoms with Crippen LogP contribution in [0.3, 0.4) is 0 Å². The molecule has 0 bridgehead atoms. The molecule has 0 saturated carbocycles. The number of carbonyl (C=O) groups excluding carboxylic acids is 2. The van der Waals surface area contributed by atoms with Crippen LogP contribution in [0, 0.1) is 0 Å². The second kappa shape index (κ2) is 12.9. The lowest BCUT2D eigenvalue weighted by atomic mass is 10.2. The van der Waals surface area contributed by atoms with Gasteiger partial charge < -0.3 is 14.8 Å². The molecule has 7 nitrogen and oxygen atoms in total. The fourth-order valence-corrected chi connectivity index (χ4v) is 2.87. The van der Waals surface area contributed by atoms with E-state index >= 15 is 0 Å². The third-order valence-corrected chi connectivity index (χ3v) is 4.68. The minimum Gasteiger partial charge on any atom is -0.489 e. The van der Waals surface area contributed by atoms with Crippen molar-refractivity contribution in [1.29, 1.82) is 0 Å². The van der Waals surface area contributed by atoms with Crippen LogP contribution in [0.5, 0.6) is 5.75 Å². The molecule has 0 atom stereocenters. The van der Waals surface area contributed by atoms with Crippen molar-refractivity contribution in [2.75, 3.05) is 13.2 Å². The number of benzene rings is 2. The summed E-state index contributed by atoms with van der Waals surface area (Å²) in [5.41, 5.74) is 3.62. The molecular weight excluding hydrogens is 441 g/mol. The largest absolute Gasteiger partial charge is 0.489 e. The number of amides is 2. The summed E-state index contributed by atoms with van der Waals surface area (Å²) in [4.78, 5) is 23.4. The van der Waals surface area contributed by atoms with Gasteiger partial charge in [-0.3, -0.25) is 9.59 Å². The number of hydrazone groups is 1. The molecule has 2 aromatic carbocycles. The summed E-state index contributed by atoms with van der Waals surface area (Å²) in [5.74, 6) is -0.959. The summed E-state index contributed by atoms with van der Waals surface area (Å²) in [6.45, 7) is 4.97. The topological polar surface area (TPSA) is 89.0 Å². The molecule has 0 saturated heterocycles. The van der Waals surface area contributed by atoms with E-state index in [4.69, 9.17) is 32.7 Å². The summed E-state index contributed by atoms with van der Waals surface area (Å²) in [6, 6.07) is 12.3. The number of nitrogens with one attached hydrogen (secondary N) is 2. The van der Waals surface area contributed by atoms with Crippen LogP contribution in [-0.4, -0.2) is 37.3 Å². The summed E-state index contributed by atoms with van der Waals surface area (Å²) in [7, 11) is 0. The summed E-state index contributed by atoms with van der Waals surface area (Å²) in [5, 5.41) is 7.38. The first-order valence-corrected chi connectivity index (χ1v) is 10.5. The van der Waals surface area contributed by atoms with Crippen LogP contribution >= 0.6 is 23.2 Å². The van der Waals surface area contributed by atoms with Crippen molar-refractivity contribution in [3.05, 3.63) is 63.6 Å². The molecule has 2 aromatic rings. The van der Waals surface area contributed by atoms with E-state index in [0.717, 1.165) is 5.56 Å². The molecule has 31 heavy (non-hydrogen) atoms. The molecular formula is C22H25Cl2N3O4. The molecule has 0 fully saturated rings. The Bertz CT molecular complexity index is 882. The molecule has 166 valence electrons. The van der Waals surface area contributed by atoms with Crippen molar-refractivity contribution < 1.29 is 19.1 Å². The fourth-order valence-electron chi connectivity index (χ4n) is 2.37. The number of hydrogen-bond acceptors (Lipinski definition) is 5. The third kappa shape index (κ3) is 8.96. The zero-order chi connectivity index (χ0) is 22.6. The van der Waals surface area contributed by atoms with Gasteiger partial charge in [0.05, 0.1) is 12.3 Å². The van der Waals surface area contributed by atoms with Gasteiger partial charge in [0.25, 0.3) is 0 Å². The van der Waals surface area contributed by atoms with Gasteiger partial charge in [0.1, 0.15) is 12.4 Å². The van der Waals surface area contributed by atoms with Crippen LogP contribution < -0.4 is 15.5 Å². The molecule has 0 aliphatic carbocycles. The highest BCUT2D eigenvalue weighted by Crippen LogP contribution is 2.25. The van der Waals surface area contributed by atoms with Gasteiger partial charge in [-0.25, -0.2) is 5.43 Å². The predicted octanol–water partition coefficient (Wildman–Crippen LogP) is 3.95. The standard InChI is InChI=1S/C22H25Cl2N3O4/c1-15(2)30-12-4-11-25-21(28)22(29)27-26-13-16-7-9-17(10-8-16)31-14-18-19(23)5-3-6-20(18)24/h3,5-10,13,15H,4,11-12,14H2,1-2H3,(H,25,28)(H,27,29)/b26-13-. The van der Waals surface area contributed by atoms with E-state index in [2.05, 4.69) is 15.8 Å². The highest BCUT2D eigenvalue weighted by Gasteiger charge is 2.11. The van der Waals surface area contributed by atoms with Crippen molar-refractivity contribution in [3.63, 3.8) is 0 Å². The first-order valence-electron chi connectivity index (χ1n) is 9.75. The molecule has 9 heteroatoms. The second-order valence-electron chi connectivity index (χ2n) is 6.79. The highest BCUT2D eigenvalue weighted by atomic mass is 35.5. The Morgan fingerprint density at radius 2 is 1.74 bits per heavy atom. The van der Waals surface area contributed by atoms with Crippen molar-refractivity contribution in [2.24, 2.45) is 5.10 Å². The first-order chi connectivity index (χ1) is 14.9. The van der Waals surface area contributed by atoms with E-state index in [-0.39, 0.29) is 12.7 Å². The zero-order valence-corrected chi connectivity index (χ0v) is 18.9. The van der Waals surface area contributed by atoms with Crippen LogP contribution in [0.4, 0.5) is 0 Å². The van der Waals surface area contributed by atoms with Gasteiger partial charge in [0.2, 0.25) is 0 Å². The molecule has 0 spiro atoms. The monoisotopic (exact) mass is 465 g/mol. The lowest BCUT2D eigenvalue weighted by Gasteiger charge is -2.09. The van der Waals surface area contributed by atoms with E-state index in [9.17, 15) is 9.59 Å². The third-order valence-electron chi connectivity index (χ3n) is 3.97. The van der Waals surface area contributed by atoms with Crippen molar-refractivity contribution in [1.82, 2.24) is 10.7 Å². The average Bonchev–Trinajstić information content (AvgIpc) is 2.73. The van der Waals surface area contributed by atoms with Crippen LogP contribution in [-0.2, 0) is 20.9 Å². The van der Waals surface area contributed by atoms with E-state index in [0.29, 0.717) is 40.9 Å². The molecule has 0 heterocycles. The number of hydrogen-bond donors (Lipinski definition) is 2. The van der Waals surface area contributed by atoms with Gasteiger partial charge >= 0.3 is 11.8 Å². The Hall–Kier alpha value is -2.61. The average molecular weight is 466 g/mol. The highest BCUT2D eigenvalue weighted by molar-refractivity contribution is 6.36. The molecule has 2 N–H and O–H groups in total. The Labute approximate surface area is 191 Å². The first kappa shape index (κ1) is 24.7. The molecule has 0 radical (unpaired) electrons. The van der Waals surface area contributed by atoms with E-state index in [1.807, 2.05) is 13.8 Å². The van der Waals surface area contributed by atoms with Crippen LogP contribution in [0.1, 0.15) is 31.4 Å². The number of nitrogens with zero attached hydrogens (tertiary/aromatic N) is 1. The van der Waals surface area contributed by atoms with Crippen molar-refractivity contribution in [2.45, 2.75) is 33.0 Å². The van der Waals surface area contributed by atoms with Gasteiger partial charge in [-0.2, -0.15) is 5.10 Å². The summed E-state index contributed by atoms with van der Waals surface area (Å²) < 4.78 is 11.1. The maximum Gasteiger partial charge on any atom is 0.329 e. The van der Waals surface area contributed by atoms with Gasteiger partial charge in [-0.15, -0.1) is 0 Å². The lowest BCUT2D eigenvalue weighted by molar-refractivity contribution is -0.139. The summed E-state index contributed by atoms with van der Waals surface area (Å²) >= 11 is 12.3. The Balaban J connectivity index is 1.74. The minimum absolute atomic E-state index is 0.134.